The predicted molar refractivity (Wildman–Crippen MR) is 148 cm³/mol. The summed E-state index contributed by atoms with van der Waals surface area (Å²) in [5.41, 5.74) is 7.49. The molecule has 37 heavy (non-hydrogen) atoms. The summed E-state index contributed by atoms with van der Waals surface area (Å²) in [6.07, 6.45) is 3.33. The van der Waals surface area contributed by atoms with Gasteiger partial charge in [0.2, 0.25) is 5.91 Å². The molecule has 5 rings (SSSR count). The minimum Gasteiger partial charge on any atom is -0.496 e. The van der Waals surface area contributed by atoms with E-state index in [9.17, 15) is 4.79 Å². The molecule has 0 aliphatic heterocycles. The van der Waals surface area contributed by atoms with Crippen LogP contribution in [0.5, 0.6) is 11.5 Å². The first-order valence-corrected chi connectivity index (χ1v) is 12.0. The monoisotopic (exact) mass is 492 g/mol. The van der Waals surface area contributed by atoms with Crippen molar-refractivity contribution >= 4 is 39.0 Å². The highest BCUT2D eigenvalue weighted by Crippen LogP contribution is 2.42. The quantitative estimate of drug-likeness (QED) is 0.251. The Morgan fingerprint density at radius 2 is 1.76 bits per heavy atom. The number of hydrogen-bond donors (Lipinski definition) is 1. The van der Waals surface area contributed by atoms with Crippen molar-refractivity contribution in [2.45, 2.75) is 20.8 Å². The summed E-state index contributed by atoms with van der Waals surface area (Å²) in [4.78, 5) is 17.6. The van der Waals surface area contributed by atoms with Crippen LogP contribution in [0.2, 0.25) is 0 Å². The fraction of sp³-hybridized carbons (Fsp3) is 0.161. The first kappa shape index (κ1) is 24.1. The minimum absolute atomic E-state index is 0.234. The second kappa shape index (κ2) is 9.82. The highest BCUT2D eigenvalue weighted by Gasteiger charge is 2.20. The standard InChI is InChI=1S/C31H28N2O4/c1-18(15-29(34)33-27-11-8-10-26-22(27)14-13-19(2)32-26)23-16-24-25(21-9-6-7-12-28(21)35-4)17-37-31(24)20(3)30(23)36-5/h6-17H,1-5H3,(H,33,34)/b18-15+. The fourth-order valence-corrected chi connectivity index (χ4v) is 4.76. The molecule has 0 saturated heterocycles. The van der Waals surface area contributed by atoms with E-state index in [-0.39, 0.29) is 5.91 Å². The van der Waals surface area contributed by atoms with Crippen molar-refractivity contribution < 1.29 is 18.7 Å². The van der Waals surface area contributed by atoms with E-state index >= 15 is 0 Å². The van der Waals surface area contributed by atoms with Crippen LogP contribution in [0.4, 0.5) is 5.69 Å². The average molecular weight is 493 g/mol. The summed E-state index contributed by atoms with van der Waals surface area (Å²) >= 11 is 0. The maximum absolute atomic E-state index is 13.1. The maximum atomic E-state index is 13.1. The van der Waals surface area contributed by atoms with Crippen LogP contribution in [0.3, 0.4) is 0 Å². The summed E-state index contributed by atoms with van der Waals surface area (Å²) in [5.74, 6) is 1.19. The summed E-state index contributed by atoms with van der Waals surface area (Å²) in [6, 6.07) is 19.4. The Bertz CT molecular complexity index is 1680. The number of methoxy groups -OCH3 is 2. The molecule has 0 aliphatic carbocycles. The molecule has 0 spiro atoms. The number of amides is 1. The number of aryl methyl sites for hydroxylation is 2. The summed E-state index contributed by atoms with van der Waals surface area (Å²) in [5, 5.41) is 4.82. The zero-order chi connectivity index (χ0) is 26.1. The van der Waals surface area contributed by atoms with Gasteiger partial charge in [-0.25, -0.2) is 0 Å². The Morgan fingerprint density at radius 1 is 0.946 bits per heavy atom. The van der Waals surface area contributed by atoms with Crippen LogP contribution in [0, 0.1) is 13.8 Å². The van der Waals surface area contributed by atoms with Gasteiger partial charge in [-0.1, -0.05) is 24.3 Å². The lowest BCUT2D eigenvalue weighted by molar-refractivity contribution is -0.111. The number of fused-ring (bicyclic) bond motifs is 2. The molecule has 3 aromatic carbocycles. The predicted octanol–water partition coefficient (Wildman–Crippen LogP) is 7.32. The summed E-state index contributed by atoms with van der Waals surface area (Å²) in [7, 11) is 3.28. The lowest BCUT2D eigenvalue weighted by Gasteiger charge is -2.14. The van der Waals surface area contributed by atoms with Gasteiger partial charge < -0.3 is 19.2 Å². The van der Waals surface area contributed by atoms with Crippen molar-refractivity contribution in [2.75, 3.05) is 19.5 Å². The smallest absolute Gasteiger partial charge is 0.248 e. The van der Waals surface area contributed by atoms with Crippen LogP contribution in [0.15, 0.2) is 77.4 Å². The first-order chi connectivity index (χ1) is 17.9. The van der Waals surface area contributed by atoms with E-state index in [0.29, 0.717) is 11.4 Å². The lowest BCUT2D eigenvalue weighted by Crippen LogP contribution is -2.09. The molecule has 0 fully saturated rings. The largest absolute Gasteiger partial charge is 0.496 e. The van der Waals surface area contributed by atoms with Crippen molar-refractivity contribution in [3.63, 3.8) is 0 Å². The number of nitrogens with one attached hydrogen (secondary N) is 1. The van der Waals surface area contributed by atoms with Gasteiger partial charge in [0.15, 0.2) is 0 Å². The van der Waals surface area contributed by atoms with Gasteiger partial charge in [-0.2, -0.15) is 0 Å². The number of carbonyl (C=O) groups is 1. The highest BCUT2D eigenvalue weighted by molar-refractivity contribution is 6.09. The lowest BCUT2D eigenvalue weighted by atomic mass is 9.96. The molecule has 1 amide bonds. The van der Waals surface area contributed by atoms with E-state index in [1.807, 2.05) is 81.4 Å². The topological polar surface area (TPSA) is 73.6 Å². The van der Waals surface area contributed by atoms with E-state index in [2.05, 4.69) is 10.3 Å². The van der Waals surface area contributed by atoms with Gasteiger partial charge in [-0.3, -0.25) is 9.78 Å². The van der Waals surface area contributed by atoms with E-state index in [0.717, 1.165) is 61.1 Å². The number of ether oxygens (including phenoxy) is 2. The van der Waals surface area contributed by atoms with Gasteiger partial charge in [-0.05, 0) is 62.7 Å². The molecule has 6 nitrogen and oxygen atoms in total. The van der Waals surface area contributed by atoms with Crippen LogP contribution in [0.25, 0.3) is 38.6 Å². The number of para-hydroxylation sites is 1. The third-order valence-corrected chi connectivity index (χ3v) is 6.55. The Balaban J connectivity index is 1.56. The number of allylic oxidation sites excluding steroid dienone is 1. The molecule has 2 heterocycles. The molecule has 0 bridgehead atoms. The molecule has 0 saturated carbocycles. The van der Waals surface area contributed by atoms with E-state index in [4.69, 9.17) is 13.9 Å². The van der Waals surface area contributed by atoms with E-state index in [1.54, 1.807) is 26.6 Å². The third-order valence-electron chi connectivity index (χ3n) is 6.55. The third kappa shape index (κ3) is 4.42. The van der Waals surface area contributed by atoms with Crippen molar-refractivity contribution in [3.05, 3.63) is 89.8 Å². The Hall–Kier alpha value is -4.58. The Labute approximate surface area is 215 Å². The first-order valence-electron chi connectivity index (χ1n) is 12.0. The number of hydrogen-bond acceptors (Lipinski definition) is 5. The van der Waals surface area contributed by atoms with Crippen molar-refractivity contribution in [3.8, 4) is 22.6 Å². The van der Waals surface area contributed by atoms with Crippen LogP contribution in [-0.4, -0.2) is 25.1 Å². The highest BCUT2D eigenvalue weighted by atomic mass is 16.5. The number of carbonyl (C=O) groups excluding carboxylic acids is 1. The van der Waals surface area contributed by atoms with Gasteiger partial charge in [0, 0.05) is 44.8 Å². The molecule has 0 radical (unpaired) electrons. The normalized spacial score (nSPS) is 11.6. The molecule has 0 aliphatic rings. The molecular formula is C31H28N2O4. The Kier molecular flexibility index (Phi) is 6.40. The maximum Gasteiger partial charge on any atom is 0.248 e. The van der Waals surface area contributed by atoms with Gasteiger partial charge in [0.05, 0.1) is 31.7 Å². The van der Waals surface area contributed by atoms with Crippen LogP contribution >= 0.6 is 0 Å². The van der Waals surface area contributed by atoms with Gasteiger partial charge in [0.1, 0.15) is 17.1 Å². The number of aromatic nitrogens is 1. The number of furan rings is 1. The van der Waals surface area contributed by atoms with Crippen molar-refractivity contribution in [1.82, 2.24) is 4.98 Å². The molecular weight excluding hydrogens is 464 g/mol. The van der Waals surface area contributed by atoms with Gasteiger partial charge in [0.25, 0.3) is 0 Å². The molecule has 1 N–H and O–H groups in total. The second-order valence-electron chi connectivity index (χ2n) is 8.95. The number of pyridine rings is 1. The van der Waals surface area contributed by atoms with Crippen LogP contribution in [0.1, 0.15) is 23.7 Å². The zero-order valence-electron chi connectivity index (χ0n) is 21.5. The van der Waals surface area contributed by atoms with E-state index < -0.39 is 0 Å². The molecule has 5 aromatic rings. The number of nitrogens with zero attached hydrogens (tertiary/aromatic N) is 1. The fourth-order valence-electron chi connectivity index (χ4n) is 4.76. The molecule has 2 aromatic heterocycles. The van der Waals surface area contributed by atoms with Crippen LogP contribution in [-0.2, 0) is 4.79 Å². The minimum atomic E-state index is -0.234. The van der Waals surface area contributed by atoms with Gasteiger partial charge in [-0.15, -0.1) is 0 Å². The van der Waals surface area contributed by atoms with Crippen LogP contribution < -0.4 is 14.8 Å². The summed E-state index contributed by atoms with van der Waals surface area (Å²) < 4.78 is 17.3. The average Bonchev–Trinajstić information content (AvgIpc) is 3.32. The SMILES string of the molecule is COc1ccccc1-c1coc2c(C)c(OC)c(/C(C)=C/C(=O)Nc3cccc4nc(C)ccc34)cc12. The molecule has 0 atom stereocenters. The van der Waals surface area contributed by atoms with E-state index in [1.165, 1.54) is 0 Å². The Morgan fingerprint density at radius 3 is 2.54 bits per heavy atom. The van der Waals surface area contributed by atoms with Gasteiger partial charge >= 0.3 is 0 Å². The summed E-state index contributed by atoms with van der Waals surface area (Å²) in [6.45, 7) is 5.81. The molecule has 6 heteroatoms. The zero-order valence-corrected chi connectivity index (χ0v) is 21.5. The van der Waals surface area contributed by atoms with Crippen molar-refractivity contribution in [2.24, 2.45) is 0 Å². The molecule has 0 unspecified atom stereocenters. The second-order valence-corrected chi connectivity index (χ2v) is 8.95. The van der Waals surface area contributed by atoms with Crippen molar-refractivity contribution in [1.29, 1.82) is 0 Å². The number of anilines is 1. The number of rotatable bonds is 6. The number of benzene rings is 3. The molecule has 186 valence electrons.